The Morgan fingerprint density at radius 2 is 1.62 bits per heavy atom. The molecule has 0 saturated heterocycles. The van der Waals surface area contributed by atoms with Crippen LogP contribution < -0.4 is 5.69 Å². The first-order valence-corrected chi connectivity index (χ1v) is 6.67. The summed E-state index contributed by atoms with van der Waals surface area (Å²) in [6.45, 7) is 1.17. The summed E-state index contributed by atoms with van der Waals surface area (Å²) < 4.78 is 5.36. The molecule has 5 heteroatoms. The fourth-order valence-corrected chi connectivity index (χ4v) is 2.65. The molecule has 1 aromatic heterocycles. The highest BCUT2D eigenvalue weighted by Crippen LogP contribution is 2.22. The quantitative estimate of drug-likeness (QED) is 0.706. The van der Waals surface area contributed by atoms with Crippen molar-refractivity contribution in [1.82, 2.24) is 9.97 Å². The van der Waals surface area contributed by atoms with Gasteiger partial charge >= 0.3 is 5.69 Å². The van der Waals surface area contributed by atoms with Crippen LogP contribution in [0.3, 0.4) is 0 Å². The van der Waals surface area contributed by atoms with E-state index in [0.29, 0.717) is 35.4 Å². The first-order valence-electron chi connectivity index (χ1n) is 6.67. The van der Waals surface area contributed by atoms with Crippen LogP contribution in [0, 0.1) is 0 Å². The van der Waals surface area contributed by atoms with Gasteiger partial charge in [-0.3, -0.25) is 4.79 Å². The molecule has 0 atom stereocenters. The highest BCUT2D eigenvalue weighted by atomic mass is 16.5. The molecule has 0 spiro atoms. The molecule has 5 nitrogen and oxygen atoms in total. The van der Waals surface area contributed by atoms with Crippen LogP contribution in [0.5, 0.6) is 0 Å². The summed E-state index contributed by atoms with van der Waals surface area (Å²) in [5.74, 6) is -0.0614. The normalized spacial score (nSPS) is 13.5. The molecule has 0 aliphatic carbocycles. The van der Waals surface area contributed by atoms with Crippen molar-refractivity contribution >= 4 is 16.8 Å². The molecular weight excluding hydrogens is 268 g/mol. The lowest BCUT2D eigenvalue weighted by Gasteiger charge is -2.04. The molecule has 0 bridgehead atoms. The van der Waals surface area contributed by atoms with Crippen molar-refractivity contribution in [1.29, 1.82) is 0 Å². The number of H-pyrrole nitrogens is 2. The van der Waals surface area contributed by atoms with Gasteiger partial charge < -0.3 is 14.7 Å². The topological polar surface area (TPSA) is 75.0 Å². The number of aromatic amines is 2. The van der Waals surface area contributed by atoms with Gasteiger partial charge in [0.05, 0.1) is 24.2 Å². The van der Waals surface area contributed by atoms with E-state index in [-0.39, 0.29) is 11.5 Å². The van der Waals surface area contributed by atoms with Crippen LogP contribution in [0.15, 0.2) is 41.2 Å². The summed E-state index contributed by atoms with van der Waals surface area (Å²) in [4.78, 5) is 29.1. The fraction of sp³-hybridized carbons (Fsp3) is 0.125. The lowest BCUT2D eigenvalue weighted by molar-refractivity contribution is 0.103. The molecule has 1 aliphatic rings. The molecule has 2 aromatic carbocycles. The first-order chi connectivity index (χ1) is 10.2. The van der Waals surface area contributed by atoms with Gasteiger partial charge in [-0.2, -0.15) is 0 Å². The highest BCUT2D eigenvalue weighted by molar-refractivity contribution is 6.10. The number of ether oxygens (including phenoxy) is 1. The number of fused-ring (bicyclic) bond motifs is 2. The van der Waals surface area contributed by atoms with E-state index in [0.717, 1.165) is 11.1 Å². The summed E-state index contributed by atoms with van der Waals surface area (Å²) in [7, 11) is 0. The second-order valence-electron chi connectivity index (χ2n) is 5.14. The Balaban J connectivity index is 1.77. The summed E-state index contributed by atoms with van der Waals surface area (Å²) >= 11 is 0. The largest absolute Gasteiger partial charge is 0.372 e. The predicted octanol–water partition coefficient (Wildman–Crippen LogP) is 2.12. The molecule has 0 radical (unpaired) electrons. The second-order valence-corrected chi connectivity index (χ2v) is 5.14. The zero-order valence-corrected chi connectivity index (χ0v) is 11.1. The van der Waals surface area contributed by atoms with Crippen LogP contribution in [0.2, 0.25) is 0 Å². The number of nitrogens with one attached hydrogen (secondary N) is 2. The van der Waals surface area contributed by atoms with Gasteiger partial charge in [-0.05, 0) is 35.4 Å². The van der Waals surface area contributed by atoms with E-state index in [1.165, 1.54) is 0 Å². The number of carbonyl (C=O) groups excluding carboxylic acids is 1. The van der Waals surface area contributed by atoms with Gasteiger partial charge in [-0.25, -0.2) is 4.79 Å². The van der Waals surface area contributed by atoms with Gasteiger partial charge in [0.1, 0.15) is 0 Å². The predicted molar refractivity (Wildman–Crippen MR) is 77.3 cm³/mol. The van der Waals surface area contributed by atoms with Gasteiger partial charge in [0.25, 0.3) is 0 Å². The zero-order chi connectivity index (χ0) is 14.4. The minimum Gasteiger partial charge on any atom is -0.372 e. The average Bonchev–Trinajstić information content (AvgIpc) is 3.09. The van der Waals surface area contributed by atoms with Crippen LogP contribution in [-0.2, 0) is 18.0 Å². The zero-order valence-electron chi connectivity index (χ0n) is 11.1. The Labute approximate surface area is 119 Å². The van der Waals surface area contributed by atoms with Crippen molar-refractivity contribution < 1.29 is 9.53 Å². The summed E-state index contributed by atoms with van der Waals surface area (Å²) in [6, 6.07) is 10.8. The molecule has 3 aromatic rings. The number of imidazole rings is 1. The molecule has 0 fully saturated rings. The van der Waals surface area contributed by atoms with Crippen molar-refractivity contribution in [3.63, 3.8) is 0 Å². The molecule has 4 rings (SSSR count). The lowest BCUT2D eigenvalue weighted by atomic mass is 9.99. The first kappa shape index (κ1) is 12.1. The van der Waals surface area contributed by atoms with Crippen molar-refractivity contribution in [3.8, 4) is 0 Å². The number of carbonyl (C=O) groups is 1. The molecule has 2 heterocycles. The SMILES string of the molecule is O=C(c1ccc2c(c1)COC2)c1ccc2[nH]c(=O)[nH]c2c1. The molecule has 0 amide bonds. The van der Waals surface area contributed by atoms with Crippen LogP contribution in [0.25, 0.3) is 11.0 Å². The summed E-state index contributed by atoms with van der Waals surface area (Å²) in [5.41, 5.74) is 4.44. The van der Waals surface area contributed by atoms with E-state index >= 15 is 0 Å². The highest BCUT2D eigenvalue weighted by Gasteiger charge is 2.16. The maximum atomic E-state index is 12.6. The standard InChI is InChI=1S/C16H12N2O3/c19-15(9-1-2-11-7-21-8-12(11)5-9)10-3-4-13-14(6-10)18-16(20)17-13/h1-6H,7-8H2,(H2,17,18,20). The number of aromatic nitrogens is 2. The van der Waals surface area contributed by atoms with E-state index in [2.05, 4.69) is 9.97 Å². The molecular formula is C16H12N2O3. The Hall–Kier alpha value is -2.66. The second kappa shape index (κ2) is 4.43. The maximum Gasteiger partial charge on any atom is 0.323 e. The third kappa shape index (κ3) is 1.98. The lowest BCUT2D eigenvalue weighted by Crippen LogP contribution is -2.02. The van der Waals surface area contributed by atoms with Crippen LogP contribution in [-0.4, -0.2) is 15.8 Å². The van der Waals surface area contributed by atoms with Gasteiger partial charge in [-0.15, -0.1) is 0 Å². The van der Waals surface area contributed by atoms with Crippen molar-refractivity contribution in [2.45, 2.75) is 13.2 Å². The molecule has 1 aliphatic heterocycles. The van der Waals surface area contributed by atoms with Gasteiger partial charge in [0.2, 0.25) is 0 Å². The number of hydrogen-bond donors (Lipinski definition) is 2. The Bertz CT molecular complexity index is 921. The smallest absolute Gasteiger partial charge is 0.323 e. The number of hydrogen-bond acceptors (Lipinski definition) is 3. The third-order valence-electron chi connectivity index (χ3n) is 3.76. The minimum absolute atomic E-state index is 0.0614. The van der Waals surface area contributed by atoms with Gasteiger partial charge in [0, 0.05) is 11.1 Å². The van der Waals surface area contributed by atoms with Crippen LogP contribution >= 0.6 is 0 Å². The van der Waals surface area contributed by atoms with Crippen LogP contribution in [0.4, 0.5) is 0 Å². The molecule has 21 heavy (non-hydrogen) atoms. The molecule has 0 unspecified atom stereocenters. The van der Waals surface area contributed by atoms with E-state index in [9.17, 15) is 9.59 Å². The number of rotatable bonds is 2. The average molecular weight is 280 g/mol. The molecule has 0 saturated carbocycles. The Morgan fingerprint density at radius 1 is 0.905 bits per heavy atom. The van der Waals surface area contributed by atoms with Crippen molar-refractivity contribution in [2.24, 2.45) is 0 Å². The number of benzene rings is 2. The van der Waals surface area contributed by atoms with E-state index in [1.54, 1.807) is 18.2 Å². The monoisotopic (exact) mass is 280 g/mol. The summed E-state index contributed by atoms with van der Waals surface area (Å²) in [5, 5.41) is 0. The Morgan fingerprint density at radius 3 is 2.52 bits per heavy atom. The minimum atomic E-state index is -0.274. The summed E-state index contributed by atoms with van der Waals surface area (Å²) in [6.07, 6.45) is 0. The third-order valence-corrected chi connectivity index (χ3v) is 3.76. The van der Waals surface area contributed by atoms with Gasteiger partial charge in [-0.1, -0.05) is 12.1 Å². The van der Waals surface area contributed by atoms with Crippen molar-refractivity contribution in [3.05, 3.63) is 69.1 Å². The van der Waals surface area contributed by atoms with Crippen molar-refractivity contribution in [2.75, 3.05) is 0 Å². The van der Waals surface area contributed by atoms with Gasteiger partial charge in [0.15, 0.2) is 5.78 Å². The molecule has 104 valence electrons. The van der Waals surface area contributed by atoms with E-state index in [4.69, 9.17) is 4.74 Å². The fourth-order valence-electron chi connectivity index (χ4n) is 2.65. The van der Waals surface area contributed by atoms with E-state index in [1.807, 2.05) is 18.2 Å². The maximum absolute atomic E-state index is 12.6. The number of ketones is 1. The molecule has 2 N–H and O–H groups in total. The Kier molecular flexibility index (Phi) is 2.55. The van der Waals surface area contributed by atoms with E-state index < -0.39 is 0 Å². The van der Waals surface area contributed by atoms with Crippen LogP contribution in [0.1, 0.15) is 27.0 Å².